The van der Waals surface area contributed by atoms with E-state index in [9.17, 15) is 4.79 Å². The number of carbonyl (C=O) groups is 1. The van der Waals surface area contributed by atoms with Crippen molar-refractivity contribution >= 4 is 5.78 Å². The van der Waals surface area contributed by atoms with Crippen LogP contribution in [0.1, 0.15) is 42.3 Å². The van der Waals surface area contributed by atoms with Gasteiger partial charge in [-0.15, -0.1) is 0 Å². The van der Waals surface area contributed by atoms with Crippen molar-refractivity contribution in [2.75, 3.05) is 26.2 Å². The zero-order valence-corrected chi connectivity index (χ0v) is 12.7. The standard InChI is InChI=1S/C16H25NO2/c1-6-17(7-2)11-15(18)16-12(4)9-14(19-8-3)10-13(16)5/h9-10H,6-8,11H2,1-5H3. The van der Waals surface area contributed by atoms with Gasteiger partial charge in [0.2, 0.25) is 0 Å². The first-order chi connectivity index (χ1) is 9.03. The third-order valence-corrected chi connectivity index (χ3v) is 3.36. The Kier molecular flexibility index (Phi) is 6.03. The molecule has 0 aliphatic rings. The number of Topliss-reactive ketones (excluding diaryl/α,β-unsaturated/α-hetero) is 1. The van der Waals surface area contributed by atoms with E-state index in [1.807, 2.05) is 32.9 Å². The number of hydrogen-bond acceptors (Lipinski definition) is 3. The number of aryl methyl sites for hydroxylation is 2. The second kappa shape index (κ2) is 7.29. The fraction of sp³-hybridized carbons (Fsp3) is 0.562. The highest BCUT2D eigenvalue weighted by Crippen LogP contribution is 2.22. The fourth-order valence-electron chi connectivity index (χ4n) is 2.34. The molecule has 0 unspecified atom stereocenters. The molecule has 0 spiro atoms. The molecular weight excluding hydrogens is 238 g/mol. The summed E-state index contributed by atoms with van der Waals surface area (Å²) in [7, 11) is 0. The van der Waals surface area contributed by atoms with Crippen LogP contribution in [0.2, 0.25) is 0 Å². The molecule has 3 heteroatoms. The summed E-state index contributed by atoms with van der Waals surface area (Å²) >= 11 is 0. The number of rotatable bonds is 7. The van der Waals surface area contributed by atoms with Crippen molar-refractivity contribution in [3.8, 4) is 5.75 Å². The molecule has 0 radical (unpaired) electrons. The molecule has 0 saturated carbocycles. The normalized spacial score (nSPS) is 10.8. The van der Waals surface area contributed by atoms with Crippen LogP contribution in [0, 0.1) is 13.8 Å². The van der Waals surface area contributed by atoms with Crippen LogP contribution in [0.15, 0.2) is 12.1 Å². The third kappa shape index (κ3) is 4.06. The lowest BCUT2D eigenvalue weighted by Crippen LogP contribution is -2.30. The summed E-state index contributed by atoms with van der Waals surface area (Å²) in [6.45, 7) is 13.0. The second-order valence-electron chi connectivity index (χ2n) is 4.75. The minimum absolute atomic E-state index is 0.196. The van der Waals surface area contributed by atoms with Crippen LogP contribution in [-0.2, 0) is 0 Å². The van der Waals surface area contributed by atoms with Crippen molar-refractivity contribution < 1.29 is 9.53 Å². The van der Waals surface area contributed by atoms with Crippen molar-refractivity contribution in [3.05, 3.63) is 28.8 Å². The number of ketones is 1. The number of likely N-dealkylation sites (N-methyl/N-ethyl adjacent to an activating group) is 1. The lowest BCUT2D eigenvalue weighted by molar-refractivity contribution is 0.0936. The average Bonchev–Trinajstić information content (AvgIpc) is 2.35. The van der Waals surface area contributed by atoms with Crippen LogP contribution in [-0.4, -0.2) is 36.9 Å². The second-order valence-corrected chi connectivity index (χ2v) is 4.75. The molecule has 19 heavy (non-hydrogen) atoms. The summed E-state index contributed by atoms with van der Waals surface area (Å²) in [6, 6.07) is 3.90. The number of benzene rings is 1. The molecule has 0 amide bonds. The number of carbonyl (C=O) groups excluding carboxylic acids is 1. The first kappa shape index (κ1) is 15.7. The van der Waals surface area contributed by atoms with E-state index in [-0.39, 0.29) is 5.78 Å². The maximum atomic E-state index is 12.4. The monoisotopic (exact) mass is 263 g/mol. The summed E-state index contributed by atoms with van der Waals surface area (Å²) < 4.78 is 5.50. The van der Waals surface area contributed by atoms with Gasteiger partial charge in [0.25, 0.3) is 0 Å². The predicted molar refractivity (Wildman–Crippen MR) is 79.2 cm³/mol. The number of ether oxygens (including phenoxy) is 1. The molecule has 0 bridgehead atoms. The van der Waals surface area contributed by atoms with Gasteiger partial charge in [-0.3, -0.25) is 9.69 Å². The van der Waals surface area contributed by atoms with Crippen LogP contribution in [0.3, 0.4) is 0 Å². The van der Waals surface area contributed by atoms with Gasteiger partial charge in [-0.1, -0.05) is 13.8 Å². The van der Waals surface area contributed by atoms with E-state index < -0.39 is 0 Å². The Labute approximate surface area is 116 Å². The van der Waals surface area contributed by atoms with Gasteiger partial charge in [0.05, 0.1) is 13.2 Å². The van der Waals surface area contributed by atoms with Gasteiger partial charge in [0.15, 0.2) is 5.78 Å². The SMILES string of the molecule is CCOc1cc(C)c(C(=O)CN(CC)CC)c(C)c1. The highest BCUT2D eigenvalue weighted by molar-refractivity contribution is 6.00. The topological polar surface area (TPSA) is 29.5 Å². The zero-order valence-electron chi connectivity index (χ0n) is 12.7. The van der Waals surface area contributed by atoms with E-state index in [0.29, 0.717) is 13.2 Å². The van der Waals surface area contributed by atoms with E-state index in [1.54, 1.807) is 0 Å². The van der Waals surface area contributed by atoms with Gasteiger partial charge in [-0.2, -0.15) is 0 Å². The van der Waals surface area contributed by atoms with Gasteiger partial charge >= 0.3 is 0 Å². The Morgan fingerprint density at radius 3 is 2.05 bits per heavy atom. The van der Waals surface area contributed by atoms with Crippen LogP contribution in [0.25, 0.3) is 0 Å². The molecule has 3 nitrogen and oxygen atoms in total. The molecule has 1 aromatic rings. The Hall–Kier alpha value is -1.35. The van der Waals surface area contributed by atoms with Crippen molar-refractivity contribution in [3.63, 3.8) is 0 Å². The highest BCUT2D eigenvalue weighted by atomic mass is 16.5. The third-order valence-electron chi connectivity index (χ3n) is 3.36. The minimum atomic E-state index is 0.196. The molecule has 0 atom stereocenters. The smallest absolute Gasteiger partial charge is 0.177 e. The first-order valence-corrected chi connectivity index (χ1v) is 7.03. The van der Waals surface area contributed by atoms with Crippen molar-refractivity contribution in [2.24, 2.45) is 0 Å². The quantitative estimate of drug-likeness (QED) is 0.707. The average molecular weight is 263 g/mol. The van der Waals surface area contributed by atoms with Gasteiger partial charge in [0, 0.05) is 5.56 Å². The summed E-state index contributed by atoms with van der Waals surface area (Å²) in [5, 5.41) is 0. The van der Waals surface area contributed by atoms with Crippen molar-refractivity contribution in [1.82, 2.24) is 4.90 Å². The molecule has 106 valence electrons. The lowest BCUT2D eigenvalue weighted by Gasteiger charge is -2.19. The lowest BCUT2D eigenvalue weighted by atomic mass is 9.98. The number of nitrogens with zero attached hydrogens (tertiary/aromatic N) is 1. The summed E-state index contributed by atoms with van der Waals surface area (Å²) in [4.78, 5) is 14.5. The molecular formula is C16H25NO2. The van der Waals surface area contributed by atoms with E-state index in [1.165, 1.54) is 0 Å². The Morgan fingerprint density at radius 1 is 1.11 bits per heavy atom. The van der Waals surface area contributed by atoms with Crippen molar-refractivity contribution in [2.45, 2.75) is 34.6 Å². The summed E-state index contributed by atoms with van der Waals surface area (Å²) in [5.74, 6) is 1.04. The van der Waals surface area contributed by atoms with Crippen LogP contribution >= 0.6 is 0 Å². The predicted octanol–water partition coefficient (Wildman–Crippen LogP) is 3.23. The molecule has 0 saturated heterocycles. The molecule has 0 fully saturated rings. The van der Waals surface area contributed by atoms with E-state index >= 15 is 0 Å². The molecule has 1 aromatic carbocycles. The van der Waals surface area contributed by atoms with Crippen LogP contribution in [0.4, 0.5) is 0 Å². The molecule has 0 N–H and O–H groups in total. The minimum Gasteiger partial charge on any atom is -0.494 e. The maximum absolute atomic E-state index is 12.4. The maximum Gasteiger partial charge on any atom is 0.177 e. The Bertz CT molecular complexity index is 413. The largest absolute Gasteiger partial charge is 0.494 e. The van der Waals surface area contributed by atoms with E-state index in [0.717, 1.165) is 35.5 Å². The zero-order chi connectivity index (χ0) is 14.4. The fourth-order valence-corrected chi connectivity index (χ4v) is 2.34. The molecule has 0 heterocycles. The van der Waals surface area contributed by atoms with E-state index in [2.05, 4.69) is 18.7 Å². The molecule has 0 aliphatic carbocycles. The van der Waals surface area contributed by atoms with Gasteiger partial charge in [-0.25, -0.2) is 0 Å². The Morgan fingerprint density at radius 2 is 1.63 bits per heavy atom. The first-order valence-electron chi connectivity index (χ1n) is 7.03. The van der Waals surface area contributed by atoms with Gasteiger partial charge in [0.1, 0.15) is 5.75 Å². The summed E-state index contributed by atoms with van der Waals surface area (Å²) in [5.41, 5.74) is 2.84. The van der Waals surface area contributed by atoms with Gasteiger partial charge in [-0.05, 0) is 57.1 Å². The summed E-state index contributed by atoms with van der Waals surface area (Å²) in [6.07, 6.45) is 0. The van der Waals surface area contributed by atoms with Crippen molar-refractivity contribution in [1.29, 1.82) is 0 Å². The van der Waals surface area contributed by atoms with E-state index in [4.69, 9.17) is 4.74 Å². The molecule has 1 rings (SSSR count). The number of hydrogen-bond donors (Lipinski definition) is 0. The molecule has 0 aliphatic heterocycles. The van der Waals surface area contributed by atoms with Gasteiger partial charge < -0.3 is 4.74 Å². The Balaban J connectivity index is 2.97. The highest BCUT2D eigenvalue weighted by Gasteiger charge is 2.16. The molecule has 0 aromatic heterocycles. The van der Waals surface area contributed by atoms with Crippen LogP contribution in [0.5, 0.6) is 5.75 Å². The van der Waals surface area contributed by atoms with Crippen LogP contribution < -0.4 is 4.74 Å².